The minimum absolute atomic E-state index is 0.0586. The number of halogens is 1. The summed E-state index contributed by atoms with van der Waals surface area (Å²) in [7, 11) is -1.88. The molecule has 0 aliphatic heterocycles. The van der Waals surface area contributed by atoms with Gasteiger partial charge in [-0.25, -0.2) is 4.98 Å². The van der Waals surface area contributed by atoms with Crippen molar-refractivity contribution in [3.8, 4) is 0 Å². The van der Waals surface area contributed by atoms with Crippen LogP contribution in [0.15, 0.2) is 53.3 Å². The third-order valence-corrected chi connectivity index (χ3v) is 4.08. The number of aromatic nitrogens is 1. The van der Waals surface area contributed by atoms with Gasteiger partial charge in [0, 0.05) is 16.6 Å². The van der Waals surface area contributed by atoms with Gasteiger partial charge in [0.1, 0.15) is 11.4 Å². The van der Waals surface area contributed by atoms with Gasteiger partial charge in [-0.3, -0.25) is 9.59 Å². The van der Waals surface area contributed by atoms with Crippen LogP contribution in [-0.2, 0) is 16.0 Å². The normalized spacial score (nSPS) is 11.8. The van der Waals surface area contributed by atoms with Crippen LogP contribution in [0, 0.1) is 0 Å². The molecule has 138 valence electrons. The third kappa shape index (κ3) is 4.65. The van der Waals surface area contributed by atoms with E-state index in [2.05, 4.69) is 15.6 Å². The minimum atomic E-state index is -1.88. The molecule has 2 heterocycles. The molecule has 0 radical (unpaired) electrons. The first-order chi connectivity index (χ1) is 12.9. The topological polar surface area (TPSA) is 125 Å². The summed E-state index contributed by atoms with van der Waals surface area (Å²) in [5.41, 5.74) is 1.30. The monoisotopic (exact) mass is 387 g/mol. The molecule has 3 aromatic rings. The van der Waals surface area contributed by atoms with Crippen LogP contribution < -0.4 is 10.6 Å². The van der Waals surface area contributed by atoms with E-state index in [1.165, 1.54) is 24.6 Å². The summed E-state index contributed by atoms with van der Waals surface area (Å²) in [5.74, 6) is -3.06. The Kier molecular flexibility index (Phi) is 5.75. The number of nitrogens with one attached hydrogen (secondary N) is 2. The van der Waals surface area contributed by atoms with Crippen LogP contribution in [0.4, 0.5) is 5.82 Å². The van der Waals surface area contributed by atoms with Gasteiger partial charge in [-0.05, 0) is 30.2 Å². The predicted molar refractivity (Wildman–Crippen MR) is 99.9 cm³/mol. The Bertz CT molecular complexity index is 978. The Morgan fingerprint density at radius 1 is 1.22 bits per heavy atom. The Morgan fingerprint density at radius 3 is 2.74 bits per heavy atom. The molecule has 8 nitrogen and oxygen atoms in total. The molecule has 2 aromatic heterocycles. The van der Waals surface area contributed by atoms with Crippen LogP contribution in [0.3, 0.4) is 0 Å². The summed E-state index contributed by atoms with van der Waals surface area (Å²) in [6, 6.07) is 10.1. The first-order valence-electron chi connectivity index (χ1n) is 7.98. The van der Waals surface area contributed by atoms with Gasteiger partial charge >= 0.3 is 18.9 Å². The first kappa shape index (κ1) is 18.9. The average molecular weight is 388 g/mol. The van der Waals surface area contributed by atoms with Crippen LogP contribution in [0.5, 0.6) is 0 Å². The van der Waals surface area contributed by atoms with Crippen LogP contribution in [0.25, 0.3) is 11.0 Å². The molecule has 27 heavy (non-hydrogen) atoms. The molecule has 0 aliphatic carbocycles. The van der Waals surface area contributed by atoms with E-state index in [0.717, 1.165) is 5.39 Å². The fourth-order valence-corrected chi connectivity index (χ4v) is 2.70. The van der Waals surface area contributed by atoms with Crippen molar-refractivity contribution in [1.29, 1.82) is 0 Å². The smallest absolute Gasteiger partial charge is 0.464 e. The van der Waals surface area contributed by atoms with Gasteiger partial charge in [0.05, 0.1) is 12.2 Å². The molecule has 0 spiro atoms. The molecule has 0 aliphatic rings. The minimum Gasteiger partial charge on any atom is -0.464 e. The van der Waals surface area contributed by atoms with Crippen molar-refractivity contribution >= 4 is 47.3 Å². The van der Waals surface area contributed by atoms with Crippen molar-refractivity contribution in [3.05, 3.63) is 59.4 Å². The summed E-state index contributed by atoms with van der Waals surface area (Å²) in [6.45, 7) is 0. The van der Waals surface area contributed by atoms with E-state index in [0.29, 0.717) is 16.2 Å². The zero-order valence-corrected chi connectivity index (χ0v) is 14.7. The quantitative estimate of drug-likeness (QED) is 0.385. The lowest BCUT2D eigenvalue weighted by molar-refractivity contribution is -0.136. The molecule has 2 amide bonds. The summed E-state index contributed by atoms with van der Waals surface area (Å²) in [4.78, 5) is 28.0. The van der Waals surface area contributed by atoms with Crippen LogP contribution in [0.2, 0.25) is 5.02 Å². The number of amides is 2. The molecule has 0 fully saturated rings. The standard InChI is InChI=1S/C17H15BClN3O5/c19-11-5-6-20-15(8-11)22-17(24)16(23)21-14(18(25)26)7-10-9-27-13-4-2-1-3-12(10)13/h1-6,8-9,14,25-26H,7H2,(H,21,23)(H,20,22,24). The van der Waals surface area contributed by atoms with Crippen LogP contribution in [0.1, 0.15) is 5.56 Å². The number of carbonyl (C=O) groups excluding carboxylic acids is 2. The summed E-state index contributed by atoms with van der Waals surface area (Å²) >= 11 is 5.79. The zero-order valence-electron chi connectivity index (χ0n) is 13.9. The first-order valence-corrected chi connectivity index (χ1v) is 8.36. The number of hydrogen-bond acceptors (Lipinski definition) is 6. The maximum absolute atomic E-state index is 12.1. The molecule has 10 heteroatoms. The number of rotatable bonds is 5. The Hall–Kier alpha value is -2.88. The average Bonchev–Trinajstić information content (AvgIpc) is 3.04. The summed E-state index contributed by atoms with van der Waals surface area (Å²) in [5, 5.41) is 24.9. The van der Waals surface area contributed by atoms with Crippen LogP contribution in [-0.4, -0.2) is 39.9 Å². The van der Waals surface area contributed by atoms with Crippen molar-refractivity contribution < 1.29 is 24.1 Å². The maximum Gasteiger partial charge on any atom is 0.475 e. The molecule has 1 aromatic carbocycles. The number of fused-ring (bicyclic) bond motifs is 1. The number of furan rings is 1. The number of benzene rings is 1. The SMILES string of the molecule is O=C(Nc1cc(Cl)ccn1)C(=O)NC(Cc1coc2ccccc12)B(O)O. The zero-order chi connectivity index (χ0) is 19.4. The van der Waals surface area contributed by atoms with Gasteiger partial charge in [0.25, 0.3) is 0 Å². The second-order valence-corrected chi connectivity index (χ2v) is 6.20. The van der Waals surface area contributed by atoms with E-state index < -0.39 is 24.9 Å². The molecule has 3 rings (SSSR count). The second-order valence-electron chi connectivity index (χ2n) is 5.77. The van der Waals surface area contributed by atoms with Crippen molar-refractivity contribution in [1.82, 2.24) is 10.3 Å². The fraction of sp³-hybridized carbons (Fsp3) is 0.118. The third-order valence-electron chi connectivity index (χ3n) is 3.85. The second kappa shape index (κ2) is 8.21. The molecule has 1 atom stereocenters. The molecular weight excluding hydrogens is 372 g/mol. The highest BCUT2D eigenvalue weighted by molar-refractivity contribution is 6.46. The van der Waals surface area contributed by atoms with Gasteiger partial charge in [-0.15, -0.1) is 0 Å². The highest BCUT2D eigenvalue weighted by atomic mass is 35.5. The van der Waals surface area contributed by atoms with Crippen LogP contribution >= 0.6 is 11.6 Å². The Morgan fingerprint density at radius 2 is 2.00 bits per heavy atom. The van der Waals surface area contributed by atoms with Crippen molar-refractivity contribution in [2.75, 3.05) is 5.32 Å². The van der Waals surface area contributed by atoms with Gasteiger partial charge < -0.3 is 25.1 Å². The molecule has 0 saturated carbocycles. The van der Waals surface area contributed by atoms with Crippen molar-refractivity contribution in [2.45, 2.75) is 12.4 Å². The number of carbonyl (C=O) groups is 2. The van der Waals surface area contributed by atoms with Crippen molar-refractivity contribution in [3.63, 3.8) is 0 Å². The van der Waals surface area contributed by atoms with E-state index in [9.17, 15) is 19.6 Å². The van der Waals surface area contributed by atoms with Gasteiger partial charge in [0.15, 0.2) is 0 Å². The van der Waals surface area contributed by atoms with Gasteiger partial charge in [-0.1, -0.05) is 29.8 Å². The predicted octanol–water partition coefficient (Wildman–Crippen LogP) is 1.16. The Labute approximate surface area is 159 Å². The number of hydrogen-bond donors (Lipinski definition) is 4. The highest BCUT2D eigenvalue weighted by Crippen LogP contribution is 2.22. The number of pyridine rings is 1. The number of anilines is 1. The molecular formula is C17H15BClN3O5. The lowest BCUT2D eigenvalue weighted by atomic mass is 9.76. The van der Waals surface area contributed by atoms with E-state index in [1.807, 2.05) is 18.2 Å². The lowest BCUT2D eigenvalue weighted by Crippen LogP contribution is -2.51. The van der Waals surface area contributed by atoms with E-state index in [-0.39, 0.29) is 12.2 Å². The number of para-hydroxylation sites is 1. The van der Waals surface area contributed by atoms with E-state index in [4.69, 9.17) is 16.0 Å². The fourth-order valence-electron chi connectivity index (χ4n) is 2.54. The van der Waals surface area contributed by atoms with E-state index >= 15 is 0 Å². The van der Waals surface area contributed by atoms with Gasteiger partial charge in [-0.2, -0.15) is 0 Å². The molecule has 0 saturated heterocycles. The summed E-state index contributed by atoms with van der Waals surface area (Å²) < 4.78 is 5.40. The Balaban J connectivity index is 1.68. The molecule has 1 unspecified atom stereocenters. The van der Waals surface area contributed by atoms with Gasteiger partial charge in [0.2, 0.25) is 0 Å². The molecule has 4 N–H and O–H groups in total. The number of nitrogens with zero attached hydrogens (tertiary/aromatic N) is 1. The van der Waals surface area contributed by atoms with E-state index in [1.54, 1.807) is 6.07 Å². The summed E-state index contributed by atoms with van der Waals surface area (Å²) in [6.07, 6.45) is 2.91. The largest absolute Gasteiger partial charge is 0.475 e. The highest BCUT2D eigenvalue weighted by Gasteiger charge is 2.29. The lowest BCUT2D eigenvalue weighted by Gasteiger charge is -2.17. The maximum atomic E-state index is 12.1. The molecule has 0 bridgehead atoms. The van der Waals surface area contributed by atoms with Crippen molar-refractivity contribution in [2.24, 2.45) is 0 Å².